The molecule has 0 atom stereocenters. The van der Waals surface area contributed by atoms with Crippen LogP contribution in [0.5, 0.6) is 0 Å². The maximum absolute atomic E-state index is 6.52. The molecular weight excluding hydrogens is 215 g/mol. The zero-order chi connectivity index (χ0) is 6.41. The van der Waals surface area contributed by atoms with Crippen molar-refractivity contribution in [3.8, 4) is 0 Å². The fraction of sp³-hybridized carbons (Fsp3) is 0.200. The standard InChI is InChI=1S/C5H7IN2/c1-5(2-6)3-8-4-7/h2-4,7H,1H3/b5-2-,7-4?,8-3-. The Hall–Kier alpha value is -0.190. The first-order chi connectivity index (χ1) is 3.81. The van der Waals surface area contributed by atoms with Crippen molar-refractivity contribution in [3.05, 3.63) is 9.66 Å². The summed E-state index contributed by atoms with van der Waals surface area (Å²) in [5.41, 5.74) is 1.06. The van der Waals surface area contributed by atoms with E-state index in [0.717, 1.165) is 11.9 Å². The highest BCUT2D eigenvalue weighted by Crippen LogP contribution is 1.92. The van der Waals surface area contributed by atoms with Crippen molar-refractivity contribution in [1.29, 1.82) is 5.41 Å². The van der Waals surface area contributed by atoms with Gasteiger partial charge in [-0.2, -0.15) is 0 Å². The fourth-order valence-corrected chi connectivity index (χ4v) is 0.344. The molecule has 2 nitrogen and oxygen atoms in total. The molecule has 0 unspecified atom stereocenters. The minimum atomic E-state index is 1.02. The van der Waals surface area contributed by atoms with E-state index in [1.807, 2.05) is 11.0 Å². The highest BCUT2D eigenvalue weighted by Gasteiger charge is 1.73. The van der Waals surface area contributed by atoms with Crippen LogP contribution in [0.4, 0.5) is 0 Å². The van der Waals surface area contributed by atoms with Gasteiger partial charge in [-0.3, -0.25) is 5.41 Å². The smallest absolute Gasteiger partial charge is 0.106 e. The lowest BCUT2D eigenvalue weighted by Crippen LogP contribution is -1.73. The highest BCUT2D eigenvalue weighted by molar-refractivity contribution is 14.1. The van der Waals surface area contributed by atoms with Crippen molar-refractivity contribution in [3.63, 3.8) is 0 Å². The fourth-order valence-electron chi connectivity index (χ4n) is 0.183. The molecule has 0 fully saturated rings. The molecule has 0 aliphatic heterocycles. The van der Waals surface area contributed by atoms with Gasteiger partial charge in [-0.05, 0) is 16.6 Å². The first-order valence-corrected chi connectivity index (χ1v) is 3.35. The summed E-state index contributed by atoms with van der Waals surface area (Å²) in [5.74, 6) is 0. The monoisotopic (exact) mass is 222 g/mol. The van der Waals surface area contributed by atoms with Crippen LogP contribution in [0.15, 0.2) is 14.6 Å². The Morgan fingerprint density at radius 3 is 2.75 bits per heavy atom. The second-order valence-corrected chi connectivity index (χ2v) is 1.88. The Balaban J connectivity index is 3.69. The molecule has 0 aromatic rings. The third-order valence-electron chi connectivity index (χ3n) is 0.525. The molecule has 0 aliphatic carbocycles. The molecule has 0 amide bonds. The quantitative estimate of drug-likeness (QED) is 0.421. The first-order valence-electron chi connectivity index (χ1n) is 2.10. The Kier molecular flexibility index (Phi) is 4.84. The SMILES string of the molecule is CC(/C=N\C=N)=C/I. The summed E-state index contributed by atoms with van der Waals surface area (Å²) >= 11 is 2.12. The van der Waals surface area contributed by atoms with E-state index in [0.29, 0.717) is 0 Å². The first kappa shape index (κ1) is 7.81. The lowest BCUT2D eigenvalue weighted by molar-refractivity contribution is 1.51. The van der Waals surface area contributed by atoms with Gasteiger partial charge in [-0.25, -0.2) is 4.99 Å². The van der Waals surface area contributed by atoms with Gasteiger partial charge in [-0.1, -0.05) is 22.6 Å². The predicted molar refractivity (Wildman–Crippen MR) is 45.1 cm³/mol. The van der Waals surface area contributed by atoms with Crippen LogP contribution in [0.25, 0.3) is 0 Å². The Morgan fingerprint density at radius 2 is 2.38 bits per heavy atom. The van der Waals surface area contributed by atoms with Gasteiger partial charge < -0.3 is 0 Å². The van der Waals surface area contributed by atoms with Crippen LogP contribution in [0.2, 0.25) is 0 Å². The molecule has 0 aromatic carbocycles. The average molecular weight is 222 g/mol. The van der Waals surface area contributed by atoms with E-state index >= 15 is 0 Å². The number of halogens is 1. The Labute approximate surface area is 62.4 Å². The van der Waals surface area contributed by atoms with Crippen molar-refractivity contribution >= 4 is 35.1 Å². The van der Waals surface area contributed by atoms with Crippen molar-refractivity contribution in [2.45, 2.75) is 6.92 Å². The molecule has 0 saturated heterocycles. The van der Waals surface area contributed by atoms with Gasteiger partial charge in [0.1, 0.15) is 6.34 Å². The zero-order valence-corrected chi connectivity index (χ0v) is 6.71. The average Bonchev–Trinajstić information content (AvgIpc) is 1.83. The summed E-state index contributed by atoms with van der Waals surface area (Å²) in [5, 5.41) is 6.52. The topological polar surface area (TPSA) is 36.2 Å². The predicted octanol–water partition coefficient (Wildman–Crippen LogP) is 2.00. The summed E-state index contributed by atoms with van der Waals surface area (Å²) < 4.78 is 1.91. The number of nitrogens with one attached hydrogen (secondary N) is 1. The summed E-state index contributed by atoms with van der Waals surface area (Å²) in [6, 6.07) is 0. The van der Waals surface area contributed by atoms with Gasteiger partial charge in [0.2, 0.25) is 0 Å². The number of hydrogen-bond acceptors (Lipinski definition) is 1. The molecule has 0 heterocycles. The summed E-state index contributed by atoms with van der Waals surface area (Å²) in [4.78, 5) is 3.59. The van der Waals surface area contributed by atoms with Gasteiger partial charge in [0.15, 0.2) is 0 Å². The van der Waals surface area contributed by atoms with E-state index < -0.39 is 0 Å². The number of rotatable bonds is 2. The van der Waals surface area contributed by atoms with Gasteiger partial charge in [-0.15, -0.1) is 0 Å². The van der Waals surface area contributed by atoms with Crippen molar-refractivity contribution in [1.82, 2.24) is 0 Å². The molecule has 1 N–H and O–H groups in total. The summed E-state index contributed by atoms with van der Waals surface area (Å²) in [7, 11) is 0. The van der Waals surface area contributed by atoms with Gasteiger partial charge >= 0.3 is 0 Å². The van der Waals surface area contributed by atoms with E-state index in [1.165, 1.54) is 0 Å². The molecule has 44 valence electrons. The molecule has 0 saturated carbocycles. The lowest BCUT2D eigenvalue weighted by atomic mass is 10.4. The Morgan fingerprint density at radius 1 is 1.75 bits per heavy atom. The van der Waals surface area contributed by atoms with Crippen LogP contribution in [0, 0.1) is 5.41 Å². The van der Waals surface area contributed by atoms with Crippen LogP contribution >= 0.6 is 22.6 Å². The van der Waals surface area contributed by atoms with E-state index in [2.05, 4.69) is 27.6 Å². The molecule has 0 aliphatic rings. The second-order valence-electron chi connectivity index (χ2n) is 1.26. The molecule has 0 aromatic heterocycles. The van der Waals surface area contributed by atoms with E-state index in [4.69, 9.17) is 5.41 Å². The zero-order valence-electron chi connectivity index (χ0n) is 4.56. The summed E-state index contributed by atoms with van der Waals surface area (Å²) in [6.07, 6.45) is 2.66. The third-order valence-corrected chi connectivity index (χ3v) is 1.51. The molecule has 8 heavy (non-hydrogen) atoms. The van der Waals surface area contributed by atoms with Crippen molar-refractivity contribution in [2.24, 2.45) is 4.99 Å². The van der Waals surface area contributed by atoms with E-state index in [1.54, 1.807) is 6.21 Å². The Bertz CT molecular complexity index is 126. The minimum Gasteiger partial charge on any atom is -0.290 e. The van der Waals surface area contributed by atoms with Crippen LogP contribution in [0.1, 0.15) is 6.92 Å². The largest absolute Gasteiger partial charge is 0.290 e. The lowest BCUT2D eigenvalue weighted by Gasteiger charge is -1.79. The number of nitrogens with zero attached hydrogens (tertiary/aromatic N) is 1. The number of aliphatic imine (C=N–C) groups is 1. The van der Waals surface area contributed by atoms with E-state index in [-0.39, 0.29) is 0 Å². The number of allylic oxidation sites excluding steroid dienone is 1. The van der Waals surface area contributed by atoms with Crippen LogP contribution in [-0.2, 0) is 0 Å². The molecule has 0 rings (SSSR count). The summed E-state index contributed by atoms with van der Waals surface area (Å²) in [6.45, 7) is 1.93. The maximum atomic E-state index is 6.52. The van der Waals surface area contributed by atoms with Gasteiger partial charge in [0, 0.05) is 6.21 Å². The van der Waals surface area contributed by atoms with Crippen molar-refractivity contribution in [2.75, 3.05) is 0 Å². The second kappa shape index (κ2) is 4.96. The van der Waals surface area contributed by atoms with Crippen LogP contribution in [0.3, 0.4) is 0 Å². The van der Waals surface area contributed by atoms with Gasteiger partial charge in [0.05, 0.1) is 0 Å². The molecule has 3 heteroatoms. The highest BCUT2D eigenvalue weighted by atomic mass is 127. The van der Waals surface area contributed by atoms with Crippen molar-refractivity contribution < 1.29 is 0 Å². The van der Waals surface area contributed by atoms with E-state index in [9.17, 15) is 0 Å². The van der Waals surface area contributed by atoms with Crippen LogP contribution in [-0.4, -0.2) is 12.6 Å². The normalized spacial score (nSPS) is 12.5. The van der Waals surface area contributed by atoms with Crippen LogP contribution < -0.4 is 0 Å². The molecule has 0 bridgehead atoms. The molecule has 0 spiro atoms. The van der Waals surface area contributed by atoms with Gasteiger partial charge in [0.25, 0.3) is 0 Å². The molecular formula is C5H7IN2. The maximum Gasteiger partial charge on any atom is 0.106 e. The third kappa shape index (κ3) is 3.98. The molecule has 0 radical (unpaired) electrons. The minimum absolute atomic E-state index is 1.02. The number of hydrogen-bond donors (Lipinski definition) is 1.